The molecule has 0 spiro atoms. The SMILES string of the molecule is CCCOc1cc(C)[n+]([O-])c(-c2ccccc2)c1C(=O)Nc1c(CC)cccc1CC. The summed E-state index contributed by atoms with van der Waals surface area (Å²) in [4.78, 5) is 13.6. The van der Waals surface area contributed by atoms with E-state index in [1.54, 1.807) is 13.0 Å². The number of hydrogen-bond donors (Lipinski definition) is 1. The van der Waals surface area contributed by atoms with Crippen molar-refractivity contribution < 1.29 is 14.3 Å². The predicted molar refractivity (Wildman–Crippen MR) is 125 cm³/mol. The molecule has 1 aromatic heterocycles. The molecule has 162 valence electrons. The number of aryl methyl sites for hydroxylation is 3. The number of rotatable bonds is 8. The highest BCUT2D eigenvalue weighted by molar-refractivity contribution is 6.10. The summed E-state index contributed by atoms with van der Waals surface area (Å²) >= 11 is 0. The minimum Gasteiger partial charge on any atom is -0.618 e. The number of aromatic nitrogens is 1. The molecule has 0 unspecified atom stereocenters. The van der Waals surface area contributed by atoms with E-state index in [9.17, 15) is 10.0 Å². The summed E-state index contributed by atoms with van der Waals surface area (Å²) in [5, 5.41) is 16.2. The van der Waals surface area contributed by atoms with Crippen LogP contribution in [-0.4, -0.2) is 12.5 Å². The molecule has 5 nitrogen and oxygen atoms in total. The summed E-state index contributed by atoms with van der Waals surface area (Å²) < 4.78 is 6.76. The van der Waals surface area contributed by atoms with Gasteiger partial charge in [0.15, 0.2) is 11.3 Å². The highest BCUT2D eigenvalue weighted by Crippen LogP contribution is 2.31. The van der Waals surface area contributed by atoms with E-state index in [4.69, 9.17) is 4.74 Å². The van der Waals surface area contributed by atoms with Gasteiger partial charge in [-0.3, -0.25) is 4.79 Å². The van der Waals surface area contributed by atoms with Crippen molar-refractivity contribution in [2.45, 2.75) is 47.0 Å². The van der Waals surface area contributed by atoms with Crippen LogP contribution in [0.2, 0.25) is 0 Å². The number of nitrogens with one attached hydrogen (secondary N) is 1. The Kier molecular flexibility index (Phi) is 7.29. The summed E-state index contributed by atoms with van der Waals surface area (Å²) in [7, 11) is 0. The van der Waals surface area contributed by atoms with Crippen molar-refractivity contribution in [3.8, 4) is 17.0 Å². The Hall–Kier alpha value is -3.34. The van der Waals surface area contributed by atoms with E-state index in [1.807, 2.05) is 55.5 Å². The van der Waals surface area contributed by atoms with Gasteiger partial charge in [-0.25, -0.2) is 0 Å². The Morgan fingerprint density at radius 1 is 1.00 bits per heavy atom. The van der Waals surface area contributed by atoms with Gasteiger partial charge in [0.2, 0.25) is 5.69 Å². The van der Waals surface area contributed by atoms with E-state index in [2.05, 4.69) is 19.2 Å². The Bertz CT molecular complexity index is 1040. The average Bonchev–Trinajstić information content (AvgIpc) is 2.79. The maximum atomic E-state index is 13.6. The van der Waals surface area contributed by atoms with Gasteiger partial charge in [-0.15, -0.1) is 0 Å². The topological polar surface area (TPSA) is 65.3 Å². The second kappa shape index (κ2) is 10.1. The lowest BCUT2D eigenvalue weighted by atomic mass is 10.0. The number of nitrogens with zero attached hydrogens (tertiary/aromatic N) is 1. The summed E-state index contributed by atoms with van der Waals surface area (Å²) in [6.45, 7) is 8.32. The summed E-state index contributed by atoms with van der Waals surface area (Å²) in [5.41, 5.74) is 4.65. The number of carbonyl (C=O) groups excluding carboxylic acids is 1. The molecule has 1 heterocycles. The Balaban J connectivity index is 2.19. The largest absolute Gasteiger partial charge is 0.618 e. The number of carbonyl (C=O) groups is 1. The van der Waals surface area contributed by atoms with Crippen molar-refractivity contribution >= 4 is 11.6 Å². The predicted octanol–water partition coefficient (Wildman–Crippen LogP) is 5.46. The zero-order chi connectivity index (χ0) is 22.4. The molecule has 0 saturated heterocycles. The van der Waals surface area contributed by atoms with Crippen LogP contribution in [0.5, 0.6) is 5.75 Å². The molecule has 1 amide bonds. The van der Waals surface area contributed by atoms with E-state index in [-0.39, 0.29) is 11.5 Å². The monoisotopic (exact) mass is 418 g/mol. The fraction of sp³-hybridized carbons (Fsp3) is 0.308. The molecule has 0 aliphatic rings. The van der Waals surface area contributed by atoms with Crippen LogP contribution in [0.3, 0.4) is 0 Å². The van der Waals surface area contributed by atoms with Gasteiger partial charge in [-0.1, -0.05) is 57.2 Å². The van der Waals surface area contributed by atoms with Crippen molar-refractivity contribution in [2.24, 2.45) is 0 Å². The Labute approximate surface area is 184 Å². The van der Waals surface area contributed by atoms with Crippen molar-refractivity contribution in [1.82, 2.24) is 0 Å². The molecule has 3 aromatic rings. The van der Waals surface area contributed by atoms with Crippen LogP contribution in [-0.2, 0) is 12.8 Å². The number of anilines is 1. The maximum absolute atomic E-state index is 13.6. The minimum absolute atomic E-state index is 0.258. The molecule has 3 rings (SSSR count). The molecule has 0 saturated carbocycles. The number of para-hydroxylation sites is 1. The van der Waals surface area contributed by atoms with Crippen LogP contribution >= 0.6 is 0 Å². The quantitative estimate of drug-likeness (QED) is 0.390. The van der Waals surface area contributed by atoms with Crippen LogP contribution in [0.15, 0.2) is 54.6 Å². The molecule has 2 aromatic carbocycles. The summed E-state index contributed by atoms with van der Waals surface area (Å²) in [6, 6.07) is 17.0. The summed E-state index contributed by atoms with van der Waals surface area (Å²) in [5.74, 6) is 0.0833. The van der Waals surface area contributed by atoms with Crippen LogP contribution in [0.4, 0.5) is 5.69 Å². The normalized spacial score (nSPS) is 10.7. The van der Waals surface area contributed by atoms with E-state index in [0.29, 0.717) is 29.3 Å². The Morgan fingerprint density at radius 3 is 2.23 bits per heavy atom. The van der Waals surface area contributed by atoms with E-state index in [1.165, 1.54) is 0 Å². The lowest BCUT2D eigenvalue weighted by molar-refractivity contribution is -0.600. The Morgan fingerprint density at radius 2 is 1.65 bits per heavy atom. The van der Waals surface area contributed by atoms with Crippen LogP contribution in [0.25, 0.3) is 11.3 Å². The third-order valence-electron chi connectivity index (χ3n) is 5.32. The number of benzene rings is 2. The van der Waals surface area contributed by atoms with Crippen molar-refractivity contribution in [1.29, 1.82) is 0 Å². The first-order chi connectivity index (χ1) is 15.0. The zero-order valence-corrected chi connectivity index (χ0v) is 18.7. The number of pyridine rings is 1. The first-order valence-electron chi connectivity index (χ1n) is 10.9. The number of ether oxygens (including phenoxy) is 1. The van der Waals surface area contributed by atoms with E-state index in [0.717, 1.165) is 40.8 Å². The molecular formula is C26H30N2O3. The standard InChI is InChI=1S/C26H30N2O3/c1-5-16-31-22-17-18(4)28(30)25(21-12-9-8-10-13-21)23(22)26(29)27-24-19(6-2)14-11-15-20(24)7-3/h8-15,17H,5-7,16H2,1-4H3,(H,27,29). The minimum atomic E-state index is -0.342. The second-order valence-electron chi connectivity index (χ2n) is 7.49. The van der Waals surface area contributed by atoms with Crippen molar-refractivity contribution in [3.05, 3.63) is 82.2 Å². The van der Waals surface area contributed by atoms with Gasteiger partial charge < -0.3 is 15.3 Å². The molecule has 0 radical (unpaired) electrons. The van der Waals surface area contributed by atoms with Gasteiger partial charge in [0.25, 0.3) is 5.91 Å². The third-order valence-corrected chi connectivity index (χ3v) is 5.32. The van der Waals surface area contributed by atoms with Gasteiger partial charge >= 0.3 is 0 Å². The highest BCUT2D eigenvalue weighted by Gasteiger charge is 2.29. The van der Waals surface area contributed by atoms with Gasteiger partial charge in [0.1, 0.15) is 5.75 Å². The molecule has 1 N–H and O–H groups in total. The molecule has 0 aliphatic heterocycles. The van der Waals surface area contributed by atoms with Crippen molar-refractivity contribution in [3.63, 3.8) is 0 Å². The molecular weight excluding hydrogens is 388 g/mol. The van der Waals surface area contributed by atoms with Crippen molar-refractivity contribution in [2.75, 3.05) is 11.9 Å². The van der Waals surface area contributed by atoms with Gasteiger partial charge in [-0.2, -0.15) is 4.73 Å². The summed E-state index contributed by atoms with van der Waals surface area (Å²) in [6.07, 6.45) is 2.39. The fourth-order valence-electron chi connectivity index (χ4n) is 3.70. The van der Waals surface area contributed by atoms with Crippen LogP contribution in [0, 0.1) is 12.1 Å². The zero-order valence-electron chi connectivity index (χ0n) is 18.7. The average molecular weight is 419 g/mol. The van der Waals surface area contributed by atoms with Gasteiger partial charge in [0, 0.05) is 24.2 Å². The number of amides is 1. The fourth-order valence-corrected chi connectivity index (χ4v) is 3.70. The lowest BCUT2D eigenvalue weighted by Crippen LogP contribution is -2.36. The highest BCUT2D eigenvalue weighted by atomic mass is 16.5. The molecule has 0 atom stereocenters. The van der Waals surface area contributed by atoms with Gasteiger partial charge in [0.05, 0.1) is 6.61 Å². The second-order valence-corrected chi connectivity index (χ2v) is 7.49. The first-order valence-corrected chi connectivity index (χ1v) is 10.9. The molecule has 0 bridgehead atoms. The van der Waals surface area contributed by atoms with Crippen LogP contribution < -0.4 is 14.8 Å². The maximum Gasteiger partial charge on any atom is 0.266 e. The molecule has 31 heavy (non-hydrogen) atoms. The van der Waals surface area contributed by atoms with Gasteiger partial charge in [-0.05, 0) is 42.5 Å². The van der Waals surface area contributed by atoms with Crippen LogP contribution in [0.1, 0.15) is 54.4 Å². The smallest absolute Gasteiger partial charge is 0.266 e. The molecule has 5 heteroatoms. The van der Waals surface area contributed by atoms with E-state index >= 15 is 0 Å². The lowest BCUT2D eigenvalue weighted by Gasteiger charge is -2.19. The molecule has 0 fully saturated rings. The number of hydrogen-bond acceptors (Lipinski definition) is 3. The first kappa shape index (κ1) is 22.3. The third kappa shape index (κ3) is 4.71. The molecule has 0 aliphatic carbocycles. The van der Waals surface area contributed by atoms with E-state index < -0.39 is 0 Å².